The molecule has 0 amide bonds. The first-order valence-electron chi connectivity index (χ1n) is 8.63. The molecule has 0 aromatic heterocycles. The van der Waals surface area contributed by atoms with Crippen molar-refractivity contribution < 1.29 is 9.90 Å². The van der Waals surface area contributed by atoms with Crippen LogP contribution in [0.1, 0.15) is 71.1 Å². The van der Waals surface area contributed by atoms with E-state index in [1.807, 2.05) is 0 Å². The molecular formula is C18H30O2. The molecule has 1 N–H and O–H groups in total. The smallest absolute Gasteiger partial charge is 0.306 e. The number of hydrogen-bond acceptors (Lipinski definition) is 1. The number of aliphatic carboxylic acids is 1. The Labute approximate surface area is 123 Å². The van der Waals surface area contributed by atoms with Crippen LogP contribution in [0.25, 0.3) is 0 Å². The second-order valence-electron chi connectivity index (χ2n) is 6.80. The van der Waals surface area contributed by atoms with Crippen molar-refractivity contribution in [2.75, 3.05) is 0 Å². The Kier molecular flexibility index (Phi) is 6.12. The molecule has 2 nitrogen and oxygen atoms in total. The maximum absolute atomic E-state index is 11.5. The maximum atomic E-state index is 11.5. The van der Waals surface area contributed by atoms with Gasteiger partial charge in [-0.25, -0.2) is 0 Å². The lowest BCUT2D eigenvalue weighted by Gasteiger charge is -2.25. The number of fused-ring (bicyclic) bond motifs is 2. The van der Waals surface area contributed by atoms with Crippen LogP contribution in [-0.4, -0.2) is 11.1 Å². The van der Waals surface area contributed by atoms with Crippen LogP contribution in [0.15, 0.2) is 12.2 Å². The fourth-order valence-corrected chi connectivity index (χ4v) is 4.13. The first kappa shape index (κ1) is 15.6. The molecule has 4 unspecified atom stereocenters. The van der Waals surface area contributed by atoms with Gasteiger partial charge in [0.2, 0.25) is 0 Å². The number of rotatable bonds is 10. The third kappa shape index (κ3) is 4.10. The lowest BCUT2D eigenvalue weighted by atomic mass is 9.79. The molecule has 4 atom stereocenters. The number of carboxylic acids is 1. The van der Waals surface area contributed by atoms with Gasteiger partial charge in [-0.05, 0) is 37.0 Å². The summed E-state index contributed by atoms with van der Waals surface area (Å²) >= 11 is 0. The van der Waals surface area contributed by atoms with Crippen LogP contribution < -0.4 is 0 Å². The molecular weight excluding hydrogens is 248 g/mol. The van der Waals surface area contributed by atoms with Crippen molar-refractivity contribution in [3.05, 3.63) is 12.2 Å². The standard InChI is InChI=1S/C18H30O2/c1-2-3-4-5-6-7-8-9-16(18(19)20)17-13-14-10-11-15(17)12-14/h10-11,14-17H,2-9,12-13H2,1H3,(H,19,20). The monoisotopic (exact) mass is 278 g/mol. The van der Waals surface area contributed by atoms with Crippen molar-refractivity contribution in [1.29, 1.82) is 0 Å². The molecule has 0 radical (unpaired) electrons. The minimum absolute atomic E-state index is 0.0920. The quantitative estimate of drug-likeness (QED) is 0.449. The van der Waals surface area contributed by atoms with E-state index in [2.05, 4.69) is 19.1 Å². The maximum Gasteiger partial charge on any atom is 0.306 e. The summed E-state index contributed by atoms with van der Waals surface area (Å²) in [4.78, 5) is 11.5. The van der Waals surface area contributed by atoms with Crippen LogP contribution in [0.5, 0.6) is 0 Å². The third-order valence-electron chi connectivity index (χ3n) is 5.28. The topological polar surface area (TPSA) is 37.3 Å². The van der Waals surface area contributed by atoms with Crippen molar-refractivity contribution in [3.8, 4) is 0 Å². The van der Waals surface area contributed by atoms with Gasteiger partial charge in [0, 0.05) is 0 Å². The van der Waals surface area contributed by atoms with E-state index in [-0.39, 0.29) is 5.92 Å². The number of allylic oxidation sites excluding steroid dienone is 2. The zero-order valence-electron chi connectivity index (χ0n) is 12.9. The zero-order valence-corrected chi connectivity index (χ0v) is 12.9. The van der Waals surface area contributed by atoms with Crippen LogP contribution in [0.4, 0.5) is 0 Å². The highest BCUT2D eigenvalue weighted by molar-refractivity contribution is 5.70. The van der Waals surface area contributed by atoms with Crippen molar-refractivity contribution in [2.24, 2.45) is 23.7 Å². The lowest BCUT2D eigenvalue weighted by molar-refractivity contribution is -0.144. The Morgan fingerprint density at radius 3 is 2.35 bits per heavy atom. The number of carboxylic acid groups (broad SMARTS) is 1. The molecule has 20 heavy (non-hydrogen) atoms. The van der Waals surface area contributed by atoms with Gasteiger partial charge in [0.25, 0.3) is 0 Å². The molecule has 0 aromatic carbocycles. The predicted octanol–water partition coefficient (Wildman–Crippen LogP) is 5.04. The van der Waals surface area contributed by atoms with Crippen LogP contribution in [0, 0.1) is 23.7 Å². The van der Waals surface area contributed by atoms with Gasteiger partial charge >= 0.3 is 5.97 Å². The van der Waals surface area contributed by atoms with E-state index in [0.29, 0.717) is 17.8 Å². The van der Waals surface area contributed by atoms with E-state index in [0.717, 1.165) is 19.3 Å². The highest BCUT2D eigenvalue weighted by atomic mass is 16.4. The molecule has 2 rings (SSSR count). The van der Waals surface area contributed by atoms with Crippen LogP contribution >= 0.6 is 0 Å². The lowest BCUT2D eigenvalue weighted by Crippen LogP contribution is -2.26. The summed E-state index contributed by atoms with van der Waals surface area (Å²) in [5.41, 5.74) is 0. The average molecular weight is 278 g/mol. The Balaban J connectivity index is 1.66. The summed E-state index contributed by atoms with van der Waals surface area (Å²) in [5.74, 6) is 1.02. The fraction of sp³-hybridized carbons (Fsp3) is 0.833. The van der Waals surface area contributed by atoms with E-state index in [1.165, 1.54) is 44.9 Å². The highest BCUT2D eigenvalue weighted by Crippen LogP contribution is 2.47. The van der Waals surface area contributed by atoms with Crippen molar-refractivity contribution in [1.82, 2.24) is 0 Å². The van der Waals surface area contributed by atoms with E-state index < -0.39 is 5.97 Å². The SMILES string of the molecule is CCCCCCCCCC(C(=O)O)C1CC2C=CC1C2. The Hall–Kier alpha value is -0.790. The van der Waals surface area contributed by atoms with Crippen molar-refractivity contribution in [3.63, 3.8) is 0 Å². The Morgan fingerprint density at radius 1 is 1.10 bits per heavy atom. The molecule has 0 heterocycles. The first-order valence-corrected chi connectivity index (χ1v) is 8.63. The molecule has 2 bridgehead atoms. The molecule has 114 valence electrons. The molecule has 0 saturated heterocycles. The van der Waals surface area contributed by atoms with Gasteiger partial charge in [-0.3, -0.25) is 4.79 Å². The first-order chi connectivity index (χ1) is 9.72. The van der Waals surface area contributed by atoms with E-state index >= 15 is 0 Å². The van der Waals surface area contributed by atoms with Crippen LogP contribution in [0.3, 0.4) is 0 Å². The Bertz CT molecular complexity index is 334. The van der Waals surface area contributed by atoms with Gasteiger partial charge in [-0.15, -0.1) is 0 Å². The van der Waals surface area contributed by atoms with Gasteiger partial charge < -0.3 is 5.11 Å². The second-order valence-corrected chi connectivity index (χ2v) is 6.80. The molecule has 1 fully saturated rings. The largest absolute Gasteiger partial charge is 0.481 e. The molecule has 0 aromatic rings. The summed E-state index contributed by atoms with van der Waals surface area (Å²) in [5, 5.41) is 9.51. The summed E-state index contributed by atoms with van der Waals surface area (Å²) in [6.07, 6.45) is 16.7. The molecule has 2 heteroatoms. The average Bonchev–Trinajstić information content (AvgIpc) is 3.04. The summed E-state index contributed by atoms with van der Waals surface area (Å²) in [6, 6.07) is 0. The minimum atomic E-state index is -0.554. The summed E-state index contributed by atoms with van der Waals surface area (Å²) in [7, 11) is 0. The van der Waals surface area contributed by atoms with Gasteiger partial charge in [0.05, 0.1) is 5.92 Å². The van der Waals surface area contributed by atoms with Gasteiger partial charge in [0.15, 0.2) is 0 Å². The van der Waals surface area contributed by atoms with Crippen LogP contribution in [0.2, 0.25) is 0 Å². The number of hydrogen-bond donors (Lipinski definition) is 1. The molecule has 0 aliphatic heterocycles. The normalized spacial score (nSPS) is 28.9. The fourth-order valence-electron chi connectivity index (χ4n) is 4.13. The number of unbranched alkanes of at least 4 members (excludes halogenated alkanes) is 6. The van der Waals surface area contributed by atoms with Gasteiger partial charge in [-0.1, -0.05) is 64.0 Å². The highest BCUT2D eigenvalue weighted by Gasteiger charge is 2.42. The molecule has 2 aliphatic carbocycles. The van der Waals surface area contributed by atoms with Gasteiger partial charge in [-0.2, -0.15) is 0 Å². The second kappa shape index (κ2) is 7.85. The van der Waals surface area contributed by atoms with E-state index in [4.69, 9.17) is 0 Å². The van der Waals surface area contributed by atoms with Crippen molar-refractivity contribution in [2.45, 2.75) is 71.1 Å². The third-order valence-corrected chi connectivity index (χ3v) is 5.28. The summed E-state index contributed by atoms with van der Waals surface area (Å²) in [6.45, 7) is 2.24. The molecule has 2 aliphatic rings. The van der Waals surface area contributed by atoms with E-state index in [1.54, 1.807) is 0 Å². The molecule has 0 spiro atoms. The number of carbonyl (C=O) groups is 1. The Morgan fingerprint density at radius 2 is 1.80 bits per heavy atom. The van der Waals surface area contributed by atoms with Crippen LogP contribution in [-0.2, 0) is 4.79 Å². The van der Waals surface area contributed by atoms with E-state index in [9.17, 15) is 9.90 Å². The predicted molar refractivity (Wildman–Crippen MR) is 82.6 cm³/mol. The van der Waals surface area contributed by atoms with Gasteiger partial charge in [0.1, 0.15) is 0 Å². The zero-order chi connectivity index (χ0) is 14.4. The summed E-state index contributed by atoms with van der Waals surface area (Å²) < 4.78 is 0. The van der Waals surface area contributed by atoms with Crippen molar-refractivity contribution >= 4 is 5.97 Å². The minimum Gasteiger partial charge on any atom is -0.481 e. The molecule has 1 saturated carbocycles.